The summed E-state index contributed by atoms with van der Waals surface area (Å²) in [5.74, 6) is 0.504. The van der Waals surface area contributed by atoms with Crippen LogP contribution >= 0.6 is 11.6 Å². The zero-order valence-electron chi connectivity index (χ0n) is 13.4. The summed E-state index contributed by atoms with van der Waals surface area (Å²) in [4.78, 5) is 19.4. The number of rotatable bonds is 6. The van der Waals surface area contributed by atoms with Gasteiger partial charge in [0.15, 0.2) is 11.0 Å². The van der Waals surface area contributed by atoms with Gasteiger partial charge in [0.1, 0.15) is 0 Å². The molecule has 0 radical (unpaired) electrons. The van der Waals surface area contributed by atoms with Gasteiger partial charge in [-0.2, -0.15) is 0 Å². The standard InChI is InChI=1S/C15H25ClN4O2/c1-4-10-13(16)20-14(18-10)15(21)19-11-5-6-17-7-12(11)22-8-9(2)3/h9,11-12,17H,4-8H2,1-3H3,(H,18,20)(H,19,21)/t11-,12+/m0/s1. The first-order valence-electron chi connectivity index (χ1n) is 7.88. The molecule has 0 aliphatic carbocycles. The Hall–Kier alpha value is -1.11. The number of aryl methyl sites for hydroxylation is 1. The van der Waals surface area contributed by atoms with Crippen LogP contribution in [0.1, 0.15) is 43.5 Å². The molecule has 1 saturated heterocycles. The highest BCUT2D eigenvalue weighted by Crippen LogP contribution is 2.14. The number of ether oxygens (including phenoxy) is 1. The molecule has 0 saturated carbocycles. The van der Waals surface area contributed by atoms with Crippen LogP contribution in [0.5, 0.6) is 0 Å². The molecule has 2 heterocycles. The summed E-state index contributed by atoms with van der Waals surface area (Å²) in [6.07, 6.45) is 1.53. The smallest absolute Gasteiger partial charge is 0.287 e. The summed E-state index contributed by atoms with van der Waals surface area (Å²) >= 11 is 5.99. The molecule has 3 N–H and O–H groups in total. The minimum absolute atomic E-state index is 0.0125. The molecule has 124 valence electrons. The number of amides is 1. The van der Waals surface area contributed by atoms with Crippen molar-refractivity contribution in [3.05, 3.63) is 16.7 Å². The minimum atomic E-state index is -0.230. The van der Waals surface area contributed by atoms with E-state index in [0.717, 1.165) is 25.2 Å². The minimum Gasteiger partial charge on any atom is -0.374 e. The molecule has 6 nitrogen and oxygen atoms in total. The SMILES string of the molecule is CCc1[nH]c(C(=O)N[C@H]2CCNC[C@H]2OCC(C)C)nc1Cl. The van der Waals surface area contributed by atoms with Crippen molar-refractivity contribution in [2.75, 3.05) is 19.7 Å². The maximum Gasteiger partial charge on any atom is 0.287 e. The highest BCUT2D eigenvalue weighted by Gasteiger charge is 2.28. The lowest BCUT2D eigenvalue weighted by Crippen LogP contribution is -2.54. The number of hydrogen-bond donors (Lipinski definition) is 3. The number of hydrogen-bond acceptors (Lipinski definition) is 4. The van der Waals surface area contributed by atoms with Crippen molar-refractivity contribution in [3.63, 3.8) is 0 Å². The monoisotopic (exact) mass is 328 g/mol. The fraction of sp³-hybridized carbons (Fsp3) is 0.733. The average Bonchev–Trinajstić information content (AvgIpc) is 2.87. The molecule has 1 aliphatic heterocycles. The molecule has 1 fully saturated rings. The van der Waals surface area contributed by atoms with E-state index < -0.39 is 0 Å². The Bertz CT molecular complexity index is 504. The van der Waals surface area contributed by atoms with E-state index in [1.807, 2.05) is 6.92 Å². The first-order valence-corrected chi connectivity index (χ1v) is 8.26. The zero-order chi connectivity index (χ0) is 16.1. The maximum atomic E-state index is 12.3. The molecule has 22 heavy (non-hydrogen) atoms. The first-order chi connectivity index (χ1) is 10.5. The van der Waals surface area contributed by atoms with Crippen molar-refractivity contribution >= 4 is 17.5 Å². The average molecular weight is 329 g/mol. The Morgan fingerprint density at radius 2 is 2.32 bits per heavy atom. The van der Waals surface area contributed by atoms with E-state index in [9.17, 15) is 4.79 Å². The molecule has 0 aromatic carbocycles. The molecule has 1 amide bonds. The van der Waals surface area contributed by atoms with Gasteiger partial charge in [-0.1, -0.05) is 32.4 Å². The maximum absolute atomic E-state index is 12.3. The lowest BCUT2D eigenvalue weighted by molar-refractivity contribution is 0.00124. The van der Waals surface area contributed by atoms with E-state index in [1.165, 1.54) is 0 Å². The van der Waals surface area contributed by atoms with E-state index in [0.29, 0.717) is 24.1 Å². The topological polar surface area (TPSA) is 79.0 Å². The molecule has 0 spiro atoms. The van der Waals surface area contributed by atoms with Crippen LogP contribution in [-0.2, 0) is 11.2 Å². The number of H-pyrrole nitrogens is 1. The van der Waals surface area contributed by atoms with Gasteiger partial charge in [0.05, 0.1) is 17.8 Å². The second-order valence-corrected chi connectivity index (χ2v) is 6.40. The van der Waals surface area contributed by atoms with Crippen molar-refractivity contribution in [3.8, 4) is 0 Å². The van der Waals surface area contributed by atoms with Crippen molar-refractivity contribution in [1.82, 2.24) is 20.6 Å². The second-order valence-electron chi connectivity index (χ2n) is 6.05. The summed E-state index contributed by atoms with van der Waals surface area (Å²) in [6.45, 7) is 8.49. The van der Waals surface area contributed by atoms with Gasteiger partial charge >= 0.3 is 0 Å². The van der Waals surface area contributed by atoms with E-state index >= 15 is 0 Å². The largest absolute Gasteiger partial charge is 0.374 e. The number of aromatic nitrogens is 2. The Kier molecular flexibility index (Phi) is 6.23. The number of aromatic amines is 1. The van der Waals surface area contributed by atoms with Gasteiger partial charge < -0.3 is 20.4 Å². The van der Waals surface area contributed by atoms with Gasteiger partial charge in [-0.3, -0.25) is 4.79 Å². The van der Waals surface area contributed by atoms with Gasteiger partial charge in [-0.05, 0) is 25.3 Å². The van der Waals surface area contributed by atoms with Crippen molar-refractivity contribution < 1.29 is 9.53 Å². The van der Waals surface area contributed by atoms with E-state index in [2.05, 4.69) is 34.4 Å². The molecule has 0 bridgehead atoms. The highest BCUT2D eigenvalue weighted by atomic mass is 35.5. The van der Waals surface area contributed by atoms with Crippen molar-refractivity contribution in [2.45, 2.75) is 45.8 Å². The summed E-state index contributed by atoms with van der Waals surface area (Å²) in [6, 6.07) is -0.0125. The van der Waals surface area contributed by atoms with Crippen LogP contribution in [0.2, 0.25) is 5.15 Å². The predicted molar refractivity (Wildman–Crippen MR) is 86.3 cm³/mol. The number of nitrogens with zero attached hydrogens (tertiary/aromatic N) is 1. The molecule has 1 aromatic rings. The third-order valence-corrected chi connectivity index (χ3v) is 4.00. The fourth-order valence-electron chi connectivity index (χ4n) is 2.45. The van der Waals surface area contributed by atoms with E-state index in [1.54, 1.807) is 0 Å². The third-order valence-electron chi connectivity index (χ3n) is 3.68. The molecular weight excluding hydrogens is 304 g/mol. The number of nitrogens with one attached hydrogen (secondary N) is 3. The van der Waals surface area contributed by atoms with Crippen molar-refractivity contribution in [1.29, 1.82) is 0 Å². The van der Waals surface area contributed by atoms with Gasteiger partial charge in [0.25, 0.3) is 5.91 Å². The van der Waals surface area contributed by atoms with Crippen LogP contribution in [0.25, 0.3) is 0 Å². The molecular formula is C15H25ClN4O2. The lowest BCUT2D eigenvalue weighted by Gasteiger charge is -2.33. The Balaban J connectivity index is 1.97. The summed E-state index contributed by atoms with van der Waals surface area (Å²) in [7, 11) is 0. The number of piperidine rings is 1. The lowest BCUT2D eigenvalue weighted by atomic mass is 10.0. The van der Waals surface area contributed by atoms with E-state index in [4.69, 9.17) is 16.3 Å². The quantitative estimate of drug-likeness (QED) is 0.743. The van der Waals surface area contributed by atoms with Crippen molar-refractivity contribution in [2.24, 2.45) is 5.92 Å². The molecule has 0 unspecified atom stereocenters. The molecule has 7 heteroatoms. The number of imidazole rings is 1. The first kappa shape index (κ1) is 17.2. The van der Waals surface area contributed by atoms with Crippen LogP contribution in [0.15, 0.2) is 0 Å². The summed E-state index contributed by atoms with van der Waals surface area (Å²) in [5, 5.41) is 6.69. The molecule has 1 aromatic heterocycles. The summed E-state index contributed by atoms with van der Waals surface area (Å²) in [5.41, 5.74) is 0.782. The van der Waals surface area contributed by atoms with Crippen LogP contribution in [0.3, 0.4) is 0 Å². The number of carbonyl (C=O) groups excluding carboxylic acids is 1. The predicted octanol–water partition coefficient (Wildman–Crippen LogP) is 1.76. The fourth-order valence-corrected chi connectivity index (χ4v) is 2.72. The van der Waals surface area contributed by atoms with Gasteiger partial charge in [-0.15, -0.1) is 0 Å². The molecule has 2 rings (SSSR count). The molecule has 2 atom stereocenters. The van der Waals surface area contributed by atoms with Gasteiger partial charge in [0, 0.05) is 13.2 Å². The Morgan fingerprint density at radius 3 is 2.95 bits per heavy atom. The Morgan fingerprint density at radius 1 is 1.55 bits per heavy atom. The van der Waals surface area contributed by atoms with E-state index in [-0.39, 0.29) is 23.9 Å². The normalized spacial score (nSPS) is 22.0. The second kappa shape index (κ2) is 7.94. The summed E-state index contributed by atoms with van der Waals surface area (Å²) < 4.78 is 5.91. The Labute approximate surface area is 136 Å². The van der Waals surface area contributed by atoms with Crippen LogP contribution in [0, 0.1) is 5.92 Å². The third kappa shape index (κ3) is 4.44. The zero-order valence-corrected chi connectivity index (χ0v) is 14.2. The molecule has 1 aliphatic rings. The van der Waals surface area contributed by atoms with Gasteiger partial charge in [-0.25, -0.2) is 4.98 Å². The number of carbonyl (C=O) groups is 1. The van der Waals surface area contributed by atoms with Crippen LogP contribution in [-0.4, -0.2) is 47.7 Å². The van der Waals surface area contributed by atoms with Gasteiger partial charge in [0.2, 0.25) is 0 Å². The highest BCUT2D eigenvalue weighted by molar-refractivity contribution is 6.30. The van der Waals surface area contributed by atoms with Crippen LogP contribution < -0.4 is 10.6 Å². The van der Waals surface area contributed by atoms with Crippen LogP contribution in [0.4, 0.5) is 0 Å². The number of halogens is 1.